The second-order valence-corrected chi connectivity index (χ2v) is 7.35. The molecule has 4 rings (SSSR count). The molecule has 0 amide bonds. The summed E-state index contributed by atoms with van der Waals surface area (Å²) in [4.78, 5) is 4.60. The van der Waals surface area contributed by atoms with Crippen molar-refractivity contribution >= 4 is 11.9 Å². The van der Waals surface area contributed by atoms with Crippen molar-refractivity contribution in [1.29, 1.82) is 0 Å². The molecule has 0 N–H and O–H groups in total. The molecular formula is C24H26N2O. The number of benzene rings is 2. The second-order valence-electron chi connectivity index (χ2n) is 7.35. The molecule has 0 atom stereocenters. The number of hydrogen-bond donors (Lipinski definition) is 0. The van der Waals surface area contributed by atoms with Crippen LogP contribution in [0.1, 0.15) is 49.3 Å². The Kier molecular flexibility index (Phi) is 5.38. The number of aryl methyl sites for hydroxylation is 1. The minimum absolute atomic E-state index is 0.666. The summed E-state index contributed by atoms with van der Waals surface area (Å²) in [5, 5.41) is 0. The topological polar surface area (TPSA) is 26.5 Å². The van der Waals surface area contributed by atoms with Gasteiger partial charge >= 0.3 is 0 Å². The van der Waals surface area contributed by atoms with Crippen LogP contribution in [-0.4, -0.2) is 10.8 Å². The van der Waals surface area contributed by atoms with Crippen LogP contribution in [0.2, 0.25) is 0 Å². The van der Waals surface area contributed by atoms with Crippen LogP contribution in [-0.2, 0) is 0 Å². The lowest BCUT2D eigenvalue weighted by Gasteiger charge is -2.23. The minimum Gasteiger partial charge on any atom is -0.457 e. The van der Waals surface area contributed by atoms with E-state index in [0.717, 1.165) is 22.7 Å². The molecule has 3 heteroatoms. The lowest BCUT2D eigenvalue weighted by molar-refractivity contribution is 0.354. The van der Waals surface area contributed by atoms with E-state index in [0.29, 0.717) is 6.04 Å². The van der Waals surface area contributed by atoms with Crippen molar-refractivity contribution in [3.05, 3.63) is 78.1 Å². The molecule has 1 saturated carbocycles. The van der Waals surface area contributed by atoms with Crippen LogP contribution in [0.3, 0.4) is 0 Å². The van der Waals surface area contributed by atoms with E-state index in [4.69, 9.17) is 4.74 Å². The third kappa shape index (κ3) is 4.68. The van der Waals surface area contributed by atoms with Gasteiger partial charge in [0, 0.05) is 30.2 Å². The first-order chi connectivity index (χ1) is 13.3. The number of aliphatic imine (C=N–C) groups is 1. The fourth-order valence-electron chi connectivity index (χ4n) is 3.60. The third-order valence-electron chi connectivity index (χ3n) is 5.19. The highest BCUT2D eigenvalue weighted by atomic mass is 16.5. The highest BCUT2D eigenvalue weighted by Gasteiger charge is 2.14. The molecule has 1 aliphatic carbocycles. The van der Waals surface area contributed by atoms with Gasteiger partial charge in [-0.05, 0) is 62.2 Å². The van der Waals surface area contributed by atoms with E-state index in [-0.39, 0.29) is 0 Å². The standard InChI is InChI=1S/C24H26N2O/c1-19-7-11-23(12-8-19)27-24-13-9-21(10-14-24)25-17-20-15-16-26(18-20)22-5-3-2-4-6-22/h7-18,22H,2-6H2,1H3. The molecule has 2 aromatic carbocycles. The maximum Gasteiger partial charge on any atom is 0.127 e. The molecule has 1 fully saturated rings. The van der Waals surface area contributed by atoms with E-state index in [2.05, 4.69) is 34.9 Å². The number of nitrogens with zero attached hydrogens (tertiary/aromatic N) is 2. The van der Waals surface area contributed by atoms with Gasteiger partial charge in [-0.1, -0.05) is 37.0 Å². The number of rotatable bonds is 5. The Morgan fingerprint density at radius 2 is 1.56 bits per heavy atom. The maximum absolute atomic E-state index is 5.87. The van der Waals surface area contributed by atoms with Crippen molar-refractivity contribution in [3.8, 4) is 11.5 Å². The Hall–Kier alpha value is -2.81. The van der Waals surface area contributed by atoms with Crippen molar-refractivity contribution in [1.82, 2.24) is 4.57 Å². The molecule has 1 heterocycles. The van der Waals surface area contributed by atoms with Crippen molar-refractivity contribution in [2.45, 2.75) is 45.1 Å². The Morgan fingerprint density at radius 3 is 2.26 bits per heavy atom. The van der Waals surface area contributed by atoms with E-state index in [1.807, 2.05) is 54.7 Å². The first-order valence-corrected chi connectivity index (χ1v) is 9.82. The fourth-order valence-corrected chi connectivity index (χ4v) is 3.60. The molecule has 0 bridgehead atoms. The first-order valence-electron chi connectivity index (χ1n) is 9.82. The summed E-state index contributed by atoms with van der Waals surface area (Å²) in [7, 11) is 0. The SMILES string of the molecule is Cc1ccc(Oc2ccc(N=Cc3ccn(C4CCCCC4)c3)cc2)cc1. The van der Waals surface area contributed by atoms with Crippen molar-refractivity contribution < 1.29 is 4.74 Å². The third-order valence-corrected chi connectivity index (χ3v) is 5.19. The normalized spacial score (nSPS) is 15.3. The monoisotopic (exact) mass is 358 g/mol. The van der Waals surface area contributed by atoms with Crippen molar-refractivity contribution in [2.75, 3.05) is 0 Å². The Labute approximate surface area is 161 Å². The first kappa shape index (κ1) is 17.6. The smallest absolute Gasteiger partial charge is 0.127 e. The zero-order chi connectivity index (χ0) is 18.5. The van der Waals surface area contributed by atoms with E-state index < -0.39 is 0 Å². The maximum atomic E-state index is 5.87. The molecule has 0 unspecified atom stereocenters. The highest BCUT2D eigenvalue weighted by Crippen LogP contribution is 2.28. The Morgan fingerprint density at radius 1 is 0.889 bits per heavy atom. The summed E-state index contributed by atoms with van der Waals surface area (Å²) in [5.41, 5.74) is 3.31. The summed E-state index contributed by atoms with van der Waals surface area (Å²) in [6, 6.07) is 18.8. The van der Waals surface area contributed by atoms with Gasteiger partial charge in [0.1, 0.15) is 11.5 Å². The summed E-state index contributed by atoms with van der Waals surface area (Å²) >= 11 is 0. The van der Waals surface area contributed by atoms with Crippen LogP contribution in [0.4, 0.5) is 5.69 Å². The molecule has 138 valence electrons. The summed E-state index contributed by atoms with van der Waals surface area (Å²) in [5.74, 6) is 1.67. The molecule has 27 heavy (non-hydrogen) atoms. The molecule has 0 radical (unpaired) electrons. The molecule has 0 aliphatic heterocycles. The zero-order valence-corrected chi connectivity index (χ0v) is 15.8. The lowest BCUT2D eigenvalue weighted by atomic mass is 9.95. The lowest BCUT2D eigenvalue weighted by Crippen LogP contribution is -2.10. The van der Waals surface area contributed by atoms with Gasteiger partial charge in [-0.2, -0.15) is 0 Å². The summed E-state index contributed by atoms with van der Waals surface area (Å²) in [6.45, 7) is 2.07. The van der Waals surface area contributed by atoms with Crippen molar-refractivity contribution in [2.24, 2.45) is 4.99 Å². The van der Waals surface area contributed by atoms with Crippen LogP contribution < -0.4 is 4.74 Å². The van der Waals surface area contributed by atoms with Gasteiger partial charge in [0.2, 0.25) is 0 Å². The van der Waals surface area contributed by atoms with Crippen molar-refractivity contribution in [3.63, 3.8) is 0 Å². The van der Waals surface area contributed by atoms with E-state index in [1.54, 1.807) is 0 Å². The molecule has 0 saturated heterocycles. The van der Waals surface area contributed by atoms with Gasteiger partial charge in [-0.15, -0.1) is 0 Å². The number of ether oxygens (including phenoxy) is 1. The molecule has 0 spiro atoms. The predicted molar refractivity (Wildman–Crippen MR) is 112 cm³/mol. The Balaban J connectivity index is 1.38. The Bertz CT molecular complexity index is 885. The molecule has 3 aromatic rings. The van der Waals surface area contributed by atoms with Gasteiger partial charge in [0.15, 0.2) is 0 Å². The van der Waals surface area contributed by atoms with Crippen LogP contribution >= 0.6 is 0 Å². The molecule has 1 aromatic heterocycles. The van der Waals surface area contributed by atoms with Gasteiger partial charge in [0.25, 0.3) is 0 Å². The van der Waals surface area contributed by atoms with Gasteiger partial charge in [0.05, 0.1) is 5.69 Å². The summed E-state index contributed by atoms with van der Waals surface area (Å²) < 4.78 is 8.23. The van der Waals surface area contributed by atoms with Crippen LogP contribution in [0.25, 0.3) is 0 Å². The average molecular weight is 358 g/mol. The number of hydrogen-bond acceptors (Lipinski definition) is 2. The number of aromatic nitrogens is 1. The van der Waals surface area contributed by atoms with Crippen LogP contribution in [0.5, 0.6) is 11.5 Å². The molecule has 1 aliphatic rings. The minimum atomic E-state index is 0.666. The van der Waals surface area contributed by atoms with E-state index in [9.17, 15) is 0 Å². The zero-order valence-electron chi connectivity index (χ0n) is 15.8. The van der Waals surface area contributed by atoms with Gasteiger partial charge in [-0.3, -0.25) is 4.99 Å². The van der Waals surface area contributed by atoms with Gasteiger partial charge in [-0.25, -0.2) is 0 Å². The highest BCUT2D eigenvalue weighted by molar-refractivity contribution is 5.81. The average Bonchev–Trinajstić information content (AvgIpc) is 3.19. The largest absolute Gasteiger partial charge is 0.457 e. The van der Waals surface area contributed by atoms with Crippen LogP contribution in [0, 0.1) is 6.92 Å². The molecular weight excluding hydrogens is 332 g/mol. The van der Waals surface area contributed by atoms with E-state index in [1.165, 1.54) is 37.7 Å². The second kappa shape index (κ2) is 8.26. The quantitative estimate of drug-likeness (QED) is 0.458. The molecule has 3 nitrogen and oxygen atoms in total. The fraction of sp³-hybridized carbons (Fsp3) is 0.292. The van der Waals surface area contributed by atoms with Gasteiger partial charge < -0.3 is 9.30 Å². The van der Waals surface area contributed by atoms with Crippen LogP contribution in [0.15, 0.2) is 72.0 Å². The summed E-state index contributed by atoms with van der Waals surface area (Å²) in [6.07, 6.45) is 13.0. The van der Waals surface area contributed by atoms with E-state index >= 15 is 0 Å². The predicted octanol–water partition coefficient (Wildman–Crippen LogP) is 6.84.